The monoisotopic (exact) mass is 368 g/mol. The Morgan fingerprint density at radius 3 is 2.68 bits per heavy atom. The number of hydrogen-bond donors (Lipinski definition) is 0. The van der Waals surface area contributed by atoms with Gasteiger partial charge in [0.05, 0.1) is 22.7 Å². The van der Waals surface area contributed by atoms with Crippen LogP contribution in [0.25, 0.3) is 22.4 Å². The summed E-state index contributed by atoms with van der Waals surface area (Å²) in [5.41, 5.74) is 2.80. The van der Waals surface area contributed by atoms with Crippen LogP contribution in [0.2, 0.25) is 0 Å². The molecule has 5 nitrogen and oxygen atoms in total. The number of nitrogens with zero attached hydrogens (tertiary/aromatic N) is 2. The number of aryl methyl sites for hydroxylation is 1. The van der Waals surface area contributed by atoms with Crippen LogP contribution in [-0.2, 0) is 11.3 Å². The molecule has 5 heteroatoms. The highest BCUT2D eigenvalue weighted by atomic mass is 16.5. The maximum atomic E-state index is 12.9. The Bertz CT molecular complexity index is 1220. The summed E-state index contributed by atoms with van der Waals surface area (Å²) in [5, 5.41) is 9.90. The lowest BCUT2D eigenvalue weighted by molar-refractivity contribution is 0.0475. The summed E-state index contributed by atoms with van der Waals surface area (Å²) in [5.74, 6) is 0.880. The Labute approximate surface area is 161 Å². The van der Waals surface area contributed by atoms with Crippen LogP contribution in [0.3, 0.4) is 0 Å². The van der Waals surface area contributed by atoms with Crippen LogP contribution in [0.1, 0.15) is 27.2 Å². The van der Waals surface area contributed by atoms with Crippen LogP contribution in [0.15, 0.2) is 71.1 Å². The molecule has 0 unspecified atom stereocenters. The fourth-order valence-electron chi connectivity index (χ4n) is 3.02. The minimum absolute atomic E-state index is 0.0222. The highest BCUT2D eigenvalue weighted by molar-refractivity contribution is 6.04. The first-order chi connectivity index (χ1) is 13.7. The SMILES string of the molecule is Cc1ccc(-c2cc(C(=O)OCc3ccccc3C#N)c3ccccc3n2)o1. The van der Waals surface area contributed by atoms with Crippen molar-refractivity contribution >= 4 is 16.9 Å². The molecule has 0 bridgehead atoms. The van der Waals surface area contributed by atoms with Crippen molar-refractivity contribution in [3.63, 3.8) is 0 Å². The van der Waals surface area contributed by atoms with Crippen LogP contribution in [0.5, 0.6) is 0 Å². The normalized spacial score (nSPS) is 10.6. The minimum Gasteiger partial charge on any atom is -0.460 e. The van der Waals surface area contributed by atoms with Gasteiger partial charge in [-0.25, -0.2) is 9.78 Å². The largest absolute Gasteiger partial charge is 0.460 e. The maximum Gasteiger partial charge on any atom is 0.339 e. The summed E-state index contributed by atoms with van der Waals surface area (Å²) in [6.45, 7) is 1.88. The summed E-state index contributed by atoms with van der Waals surface area (Å²) >= 11 is 0. The Kier molecular flexibility index (Phi) is 4.61. The van der Waals surface area contributed by atoms with Gasteiger partial charge in [0.2, 0.25) is 0 Å². The van der Waals surface area contributed by atoms with Crippen molar-refractivity contribution in [1.82, 2.24) is 4.98 Å². The van der Waals surface area contributed by atoms with Gasteiger partial charge in [0, 0.05) is 10.9 Å². The molecule has 2 aromatic heterocycles. The molecule has 0 radical (unpaired) electrons. The first-order valence-corrected chi connectivity index (χ1v) is 8.77. The number of benzene rings is 2. The molecule has 0 spiro atoms. The minimum atomic E-state index is -0.476. The Hall–Kier alpha value is -3.91. The van der Waals surface area contributed by atoms with Crippen LogP contribution in [0.4, 0.5) is 0 Å². The number of fused-ring (bicyclic) bond motifs is 1. The molecule has 0 atom stereocenters. The van der Waals surface area contributed by atoms with Gasteiger partial charge >= 0.3 is 5.97 Å². The highest BCUT2D eigenvalue weighted by Gasteiger charge is 2.17. The van der Waals surface area contributed by atoms with E-state index >= 15 is 0 Å². The van der Waals surface area contributed by atoms with Crippen molar-refractivity contribution in [3.8, 4) is 17.5 Å². The van der Waals surface area contributed by atoms with E-state index in [9.17, 15) is 10.1 Å². The van der Waals surface area contributed by atoms with Gasteiger partial charge < -0.3 is 9.15 Å². The molecule has 2 aromatic carbocycles. The summed E-state index contributed by atoms with van der Waals surface area (Å²) in [6, 6.07) is 21.9. The van der Waals surface area contributed by atoms with Crippen molar-refractivity contribution in [2.45, 2.75) is 13.5 Å². The van der Waals surface area contributed by atoms with Gasteiger partial charge in [-0.15, -0.1) is 0 Å². The maximum absolute atomic E-state index is 12.9. The molecule has 0 saturated carbocycles. The molecule has 0 aliphatic carbocycles. The molecule has 0 aliphatic heterocycles. The summed E-state index contributed by atoms with van der Waals surface area (Å²) in [7, 11) is 0. The van der Waals surface area contributed by atoms with Crippen molar-refractivity contribution in [3.05, 3.63) is 89.2 Å². The van der Waals surface area contributed by atoms with E-state index in [1.54, 1.807) is 24.3 Å². The van der Waals surface area contributed by atoms with Crippen LogP contribution in [0, 0.1) is 18.3 Å². The second-order valence-corrected chi connectivity index (χ2v) is 6.33. The molecular formula is C23H16N2O3. The molecule has 0 aliphatic rings. The lowest BCUT2D eigenvalue weighted by Gasteiger charge is -2.10. The summed E-state index contributed by atoms with van der Waals surface area (Å²) < 4.78 is 11.2. The lowest BCUT2D eigenvalue weighted by Crippen LogP contribution is -2.08. The van der Waals surface area contributed by atoms with Crippen molar-refractivity contribution < 1.29 is 13.9 Å². The number of carbonyl (C=O) groups is 1. The standard InChI is InChI=1S/C23H16N2O3/c1-15-10-11-22(28-15)21-12-19(18-8-4-5-9-20(18)25-21)23(26)27-14-17-7-3-2-6-16(17)13-24/h2-12H,14H2,1H3. The van der Waals surface area contributed by atoms with Crippen LogP contribution < -0.4 is 0 Å². The first-order valence-electron chi connectivity index (χ1n) is 8.77. The van der Waals surface area contributed by atoms with E-state index in [0.717, 1.165) is 5.76 Å². The quantitative estimate of drug-likeness (QED) is 0.472. The third-order valence-electron chi connectivity index (χ3n) is 4.43. The fourth-order valence-corrected chi connectivity index (χ4v) is 3.02. The molecule has 4 aromatic rings. The number of rotatable bonds is 4. The van der Waals surface area contributed by atoms with Gasteiger partial charge in [-0.2, -0.15) is 5.26 Å². The van der Waals surface area contributed by atoms with E-state index in [-0.39, 0.29) is 6.61 Å². The van der Waals surface area contributed by atoms with E-state index in [1.165, 1.54) is 0 Å². The molecule has 136 valence electrons. The molecule has 28 heavy (non-hydrogen) atoms. The first kappa shape index (κ1) is 17.5. The van der Waals surface area contributed by atoms with Gasteiger partial charge in [-0.05, 0) is 37.3 Å². The predicted octanol–water partition coefficient (Wildman–Crippen LogP) is 5.03. The number of esters is 1. The number of hydrogen-bond acceptors (Lipinski definition) is 5. The third-order valence-corrected chi connectivity index (χ3v) is 4.43. The zero-order valence-electron chi connectivity index (χ0n) is 15.2. The van der Waals surface area contributed by atoms with Gasteiger partial charge in [0.25, 0.3) is 0 Å². The van der Waals surface area contributed by atoms with E-state index in [0.29, 0.717) is 39.0 Å². The number of para-hydroxylation sites is 1. The molecule has 4 rings (SSSR count). The predicted molar refractivity (Wildman–Crippen MR) is 104 cm³/mol. The second-order valence-electron chi connectivity index (χ2n) is 6.33. The van der Waals surface area contributed by atoms with Crippen molar-refractivity contribution in [1.29, 1.82) is 5.26 Å². The Balaban J connectivity index is 1.70. The molecule has 2 heterocycles. The number of aromatic nitrogens is 1. The summed E-state index contributed by atoms with van der Waals surface area (Å²) in [4.78, 5) is 17.5. The fraction of sp³-hybridized carbons (Fsp3) is 0.0870. The average Bonchev–Trinajstić information content (AvgIpc) is 3.17. The van der Waals surface area contributed by atoms with Gasteiger partial charge in [-0.3, -0.25) is 0 Å². The molecule has 0 saturated heterocycles. The number of ether oxygens (including phenoxy) is 1. The number of furan rings is 1. The van der Waals surface area contributed by atoms with Crippen molar-refractivity contribution in [2.24, 2.45) is 0 Å². The topological polar surface area (TPSA) is 76.1 Å². The number of carbonyl (C=O) groups excluding carboxylic acids is 1. The van der Waals surface area contributed by atoms with Gasteiger partial charge in [0.1, 0.15) is 18.1 Å². The lowest BCUT2D eigenvalue weighted by atomic mass is 10.1. The van der Waals surface area contributed by atoms with Gasteiger partial charge in [0.15, 0.2) is 5.76 Å². The van der Waals surface area contributed by atoms with E-state index in [4.69, 9.17) is 9.15 Å². The summed E-state index contributed by atoms with van der Waals surface area (Å²) in [6.07, 6.45) is 0. The molecular weight excluding hydrogens is 352 g/mol. The van der Waals surface area contributed by atoms with Crippen molar-refractivity contribution in [2.75, 3.05) is 0 Å². The second kappa shape index (κ2) is 7.37. The number of pyridine rings is 1. The van der Waals surface area contributed by atoms with Crippen LogP contribution in [-0.4, -0.2) is 11.0 Å². The smallest absolute Gasteiger partial charge is 0.339 e. The van der Waals surface area contributed by atoms with E-state index in [2.05, 4.69) is 11.1 Å². The molecule has 0 N–H and O–H groups in total. The van der Waals surface area contributed by atoms with Gasteiger partial charge in [-0.1, -0.05) is 36.4 Å². The highest BCUT2D eigenvalue weighted by Crippen LogP contribution is 2.27. The van der Waals surface area contributed by atoms with Crippen LogP contribution >= 0.6 is 0 Å². The van der Waals surface area contributed by atoms with E-state index in [1.807, 2.05) is 49.4 Å². The van der Waals surface area contributed by atoms with E-state index < -0.39 is 5.97 Å². The number of nitriles is 1. The third kappa shape index (κ3) is 3.36. The zero-order valence-corrected chi connectivity index (χ0v) is 15.2. The average molecular weight is 368 g/mol. The molecule has 0 fully saturated rings. The Morgan fingerprint density at radius 2 is 1.89 bits per heavy atom. The Morgan fingerprint density at radius 1 is 1.11 bits per heavy atom. The zero-order chi connectivity index (χ0) is 19.5. The molecule has 0 amide bonds.